The van der Waals surface area contributed by atoms with Crippen LogP contribution in [0.3, 0.4) is 0 Å². The van der Waals surface area contributed by atoms with Gasteiger partial charge in [0.25, 0.3) is 10.0 Å². The first kappa shape index (κ1) is 20.9. The fourth-order valence-electron chi connectivity index (χ4n) is 2.72. The van der Waals surface area contributed by atoms with Crippen LogP contribution in [0.5, 0.6) is 0 Å². The molecular formula is C18H20N4O5S2. The topological polar surface area (TPSA) is 118 Å². The summed E-state index contributed by atoms with van der Waals surface area (Å²) in [5.74, 6) is -0.621. The standard InChI is InChI=1S/C18H20N4O5S2/c1-4-22(12(3)23)18-20-13(10-28-18)9-27-17(24)11(2)19-16-14-7-5-6-8-15(14)29(25,26)21-16/h5-8,10-11H,4,9H2,1-3H3,(H,19,21). The number of thiazole rings is 1. The quantitative estimate of drug-likeness (QED) is 0.689. The van der Waals surface area contributed by atoms with Crippen molar-refractivity contribution in [2.24, 2.45) is 4.99 Å². The number of carbonyl (C=O) groups excluding carboxylic acids is 2. The second-order valence-corrected chi connectivity index (χ2v) is 8.74. The fraction of sp³-hybridized carbons (Fsp3) is 0.333. The Bertz CT molecular complexity index is 1080. The van der Waals surface area contributed by atoms with Gasteiger partial charge in [-0.3, -0.25) is 19.4 Å². The van der Waals surface area contributed by atoms with Crippen LogP contribution in [0, 0.1) is 0 Å². The Hall–Kier alpha value is -2.79. The van der Waals surface area contributed by atoms with Gasteiger partial charge in [-0.1, -0.05) is 12.1 Å². The molecule has 9 nitrogen and oxygen atoms in total. The number of anilines is 1. The number of sulfonamides is 1. The SMILES string of the molecule is CCN(C(C)=O)c1nc(COC(=O)C(C)N=C2NS(=O)(=O)c3ccccc32)cs1. The molecule has 0 radical (unpaired) electrons. The number of esters is 1. The number of ether oxygens (including phenoxy) is 1. The van der Waals surface area contributed by atoms with Gasteiger partial charge in [0.05, 0.1) is 10.6 Å². The summed E-state index contributed by atoms with van der Waals surface area (Å²) >= 11 is 1.29. The summed E-state index contributed by atoms with van der Waals surface area (Å²) in [5.41, 5.74) is 0.935. The smallest absolute Gasteiger partial charge is 0.331 e. The number of hydrogen-bond donors (Lipinski definition) is 1. The van der Waals surface area contributed by atoms with Crippen LogP contribution in [-0.4, -0.2) is 43.7 Å². The monoisotopic (exact) mass is 436 g/mol. The lowest BCUT2D eigenvalue weighted by molar-refractivity contribution is -0.146. The molecule has 0 bridgehead atoms. The Labute approximate surface area is 172 Å². The number of amidine groups is 1. The maximum atomic E-state index is 12.3. The summed E-state index contributed by atoms with van der Waals surface area (Å²) in [6.45, 7) is 5.25. The normalized spacial score (nSPS) is 16.7. The van der Waals surface area contributed by atoms with Crippen LogP contribution in [0.25, 0.3) is 0 Å². The van der Waals surface area contributed by atoms with Crippen molar-refractivity contribution in [1.29, 1.82) is 0 Å². The Morgan fingerprint density at radius 1 is 1.34 bits per heavy atom. The molecule has 3 rings (SSSR count). The van der Waals surface area contributed by atoms with Crippen molar-refractivity contribution in [3.8, 4) is 0 Å². The zero-order valence-corrected chi connectivity index (χ0v) is 17.7. The van der Waals surface area contributed by atoms with Crippen LogP contribution in [0.15, 0.2) is 39.5 Å². The lowest BCUT2D eigenvalue weighted by Crippen LogP contribution is -2.27. The third kappa shape index (κ3) is 4.46. The first-order valence-electron chi connectivity index (χ1n) is 8.82. The number of fused-ring (bicyclic) bond motifs is 1. The molecule has 1 aromatic carbocycles. The molecule has 2 aromatic rings. The van der Waals surface area contributed by atoms with Crippen LogP contribution in [0.2, 0.25) is 0 Å². The van der Waals surface area contributed by atoms with Crippen molar-refractivity contribution in [1.82, 2.24) is 9.71 Å². The van der Waals surface area contributed by atoms with Gasteiger partial charge in [-0.2, -0.15) is 0 Å². The summed E-state index contributed by atoms with van der Waals surface area (Å²) < 4.78 is 31.8. The van der Waals surface area contributed by atoms with Crippen LogP contribution < -0.4 is 9.62 Å². The zero-order valence-electron chi connectivity index (χ0n) is 16.1. The van der Waals surface area contributed by atoms with Crippen molar-refractivity contribution in [2.75, 3.05) is 11.4 Å². The van der Waals surface area contributed by atoms with Crippen LogP contribution in [-0.2, 0) is 31.0 Å². The number of nitrogens with zero attached hydrogens (tertiary/aromatic N) is 3. The third-order valence-electron chi connectivity index (χ3n) is 4.16. The predicted molar refractivity (Wildman–Crippen MR) is 108 cm³/mol. The van der Waals surface area contributed by atoms with Gasteiger partial charge >= 0.3 is 5.97 Å². The summed E-state index contributed by atoms with van der Waals surface area (Å²) in [5, 5.41) is 2.25. The van der Waals surface area contributed by atoms with Gasteiger partial charge in [-0.15, -0.1) is 11.3 Å². The minimum absolute atomic E-state index is 0.0672. The van der Waals surface area contributed by atoms with E-state index in [1.807, 2.05) is 6.92 Å². The number of aliphatic imine (C=N–C) groups is 1. The van der Waals surface area contributed by atoms with E-state index in [-0.39, 0.29) is 23.2 Å². The summed E-state index contributed by atoms with van der Waals surface area (Å²) in [4.78, 5) is 34.0. The summed E-state index contributed by atoms with van der Waals surface area (Å²) in [6, 6.07) is 5.49. The number of aromatic nitrogens is 1. The molecule has 1 unspecified atom stereocenters. The molecule has 1 aliphatic heterocycles. The van der Waals surface area contributed by atoms with E-state index in [0.29, 0.717) is 22.9 Å². The zero-order chi connectivity index (χ0) is 21.2. The van der Waals surface area contributed by atoms with E-state index < -0.39 is 22.0 Å². The third-order valence-corrected chi connectivity index (χ3v) is 6.47. The average Bonchev–Trinajstić information content (AvgIpc) is 3.23. The molecule has 0 saturated heterocycles. The van der Waals surface area contributed by atoms with E-state index in [1.54, 1.807) is 23.6 Å². The first-order chi connectivity index (χ1) is 13.7. The van der Waals surface area contributed by atoms with Crippen molar-refractivity contribution >= 4 is 44.2 Å². The van der Waals surface area contributed by atoms with Gasteiger partial charge in [0, 0.05) is 24.4 Å². The highest BCUT2D eigenvalue weighted by atomic mass is 32.2. The number of rotatable bonds is 6. The highest BCUT2D eigenvalue weighted by Gasteiger charge is 2.31. The van der Waals surface area contributed by atoms with E-state index in [1.165, 1.54) is 36.2 Å². The summed E-state index contributed by atoms with van der Waals surface area (Å²) in [7, 11) is -3.67. The fourth-order valence-corrected chi connectivity index (χ4v) is 4.88. The minimum atomic E-state index is -3.67. The number of benzene rings is 1. The number of hydrogen-bond acceptors (Lipinski definition) is 8. The maximum absolute atomic E-state index is 12.3. The molecule has 1 aliphatic rings. The molecule has 0 spiro atoms. The number of carbonyl (C=O) groups is 2. The van der Waals surface area contributed by atoms with E-state index in [4.69, 9.17) is 4.74 Å². The molecule has 0 aliphatic carbocycles. The minimum Gasteiger partial charge on any atom is -0.458 e. The Kier molecular flexibility index (Phi) is 5.99. The molecule has 29 heavy (non-hydrogen) atoms. The molecule has 2 heterocycles. The molecule has 0 saturated carbocycles. The Morgan fingerprint density at radius 2 is 2.07 bits per heavy atom. The Balaban J connectivity index is 1.66. The maximum Gasteiger partial charge on any atom is 0.331 e. The van der Waals surface area contributed by atoms with Crippen LogP contribution >= 0.6 is 11.3 Å². The van der Waals surface area contributed by atoms with Gasteiger partial charge in [-0.05, 0) is 26.0 Å². The van der Waals surface area contributed by atoms with E-state index in [2.05, 4.69) is 14.7 Å². The largest absolute Gasteiger partial charge is 0.458 e. The van der Waals surface area contributed by atoms with Crippen LogP contribution in [0.1, 0.15) is 32.0 Å². The lowest BCUT2D eigenvalue weighted by Gasteiger charge is -2.14. The second kappa shape index (κ2) is 8.29. The van der Waals surface area contributed by atoms with E-state index in [0.717, 1.165) is 0 Å². The highest BCUT2D eigenvalue weighted by Crippen LogP contribution is 2.23. The molecule has 11 heteroatoms. The molecule has 1 amide bonds. The molecule has 154 valence electrons. The molecule has 1 N–H and O–H groups in total. The van der Waals surface area contributed by atoms with Crippen molar-refractivity contribution in [3.63, 3.8) is 0 Å². The molecule has 1 aromatic heterocycles. The van der Waals surface area contributed by atoms with Crippen molar-refractivity contribution < 1.29 is 22.7 Å². The van der Waals surface area contributed by atoms with E-state index >= 15 is 0 Å². The van der Waals surface area contributed by atoms with E-state index in [9.17, 15) is 18.0 Å². The number of nitrogens with one attached hydrogen (secondary N) is 1. The van der Waals surface area contributed by atoms with Crippen molar-refractivity contribution in [2.45, 2.75) is 38.3 Å². The molecular weight excluding hydrogens is 416 g/mol. The van der Waals surface area contributed by atoms with Gasteiger partial charge in [0.1, 0.15) is 18.5 Å². The lowest BCUT2D eigenvalue weighted by atomic mass is 10.2. The first-order valence-corrected chi connectivity index (χ1v) is 11.2. The average molecular weight is 437 g/mol. The van der Waals surface area contributed by atoms with Gasteiger partial charge in [-0.25, -0.2) is 18.2 Å². The Morgan fingerprint density at radius 3 is 2.76 bits per heavy atom. The summed E-state index contributed by atoms with van der Waals surface area (Å²) in [6.07, 6.45) is 0. The van der Waals surface area contributed by atoms with Gasteiger partial charge in [0.15, 0.2) is 5.13 Å². The van der Waals surface area contributed by atoms with Crippen LogP contribution in [0.4, 0.5) is 5.13 Å². The molecule has 1 atom stereocenters. The molecule has 0 fully saturated rings. The van der Waals surface area contributed by atoms with Crippen molar-refractivity contribution in [3.05, 3.63) is 40.9 Å². The highest BCUT2D eigenvalue weighted by molar-refractivity contribution is 7.90. The second-order valence-electron chi connectivity index (χ2n) is 6.25. The predicted octanol–water partition coefficient (Wildman–Crippen LogP) is 1.69. The van der Waals surface area contributed by atoms with Gasteiger partial charge < -0.3 is 4.74 Å². The van der Waals surface area contributed by atoms with Gasteiger partial charge in [0.2, 0.25) is 5.91 Å². The number of amides is 1.